The number of benzene rings is 1. The quantitative estimate of drug-likeness (QED) is 0.794. The molecule has 1 aromatic rings. The molecule has 0 radical (unpaired) electrons. The molecule has 0 spiro atoms. The Labute approximate surface area is 111 Å². The minimum Gasteiger partial charge on any atom is -0.388 e. The van der Waals surface area contributed by atoms with E-state index in [1.807, 2.05) is 0 Å². The van der Waals surface area contributed by atoms with Crippen LogP contribution in [0.25, 0.3) is 0 Å². The third-order valence-electron chi connectivity index (χ3n) is 4.00. The van der Waals surface area contributed by atoms with Crippen molar-refractivity contribution in [3.63, 3.8) is 0 Å². The van der Waals surface area contributed by atoms with Crippen molar-refractivity contribution in [2.45, 2.75) is 58.5 Å². The SMILES string of the molecule is Cc1ccc(CC(O)C2=CCCCCC2)cc1C. The van der Waals surface area contributed by atoms with Gasteiger partial charge in [0, 0.05) is 6.42 Å². The molecule has 1 heteroatoms. The van der Waals surface area contributed by atoms with Gasteiger partial charge in [0.2, 0.25) is 0 Å². The van der Waals surface area contributed by atoms with Gasteiger partial charge in [-0.05, 0) is 61.8 Å². The Bertz CT molecular complexity index is 431. The zero-order valence-electron chi connectivity index (χ0n) is 11.6. The van der Waals surface area contributed by atoms with E-state index in [1.54, 1.807) is 0 Å². The minimum atomic E-state index is -0.287. The van der Waals surface area contributed by atoms with E-state index in [1.165, 1.54) is 41.5 Å². The van der Waals surface area contributed by atoms with Crippen molar-refractivity contribution in [1.29, 1.82) is 0 Å². The van der Waals surface area contributed by atoms with Crippen LogP contribution in [0, 0.1) is 13.8 Å². The maximum absolute atomic E-state index is 10.3. The molecule has 0 aliphatic heterocycles. The Balaban J connectivity index is 2.03. The van der Waals surface area contributed by atoms with Crippen molar-refractivity contribution in [3.05, 3.63) is 46.5 Å². The summed E-state index contributed by atoms with van der Waals surface area (Å²) in [5.74, 6) is 0. The molecule has 1 unspecified atom stereocenters. The standard InChI is InChI=1S/C17H24O/c1-13-9-10-15(11-14(13)2)12-17(18)16-7-5-3-4-6-8-16/h7,9-11,17-18H,3-6,8,12H2,1-2H3. The summed E-state index contributed by atoms with van der Waals surface area (Å²) in [6, 6.07) is 6.50. The molecule has 0 bridgehead atoms. The third kappa shape index (κ3) is 3.46. The van der Waals surface area contributed by atoms with Crippen LogP contribution in [0.3, 0.4) is 0 Å². The lowest BCUT2D eigenvalue weighted by Crippen LogP contribution is -2.14. The molecule has 0 aromatic heterocycles. The topological polar surface area (TPSA) is 20.2 Å². The highest BCUT2D eigenvalue weighted by Gasteiger charge is 2.13. The van der Waals surface area contributed by atoms with Crippen LogP contribution in [-0.4, -0.2) is 11.2 Å². The van der Waals surface area contributed by atoms with Crippen LogP contribution in [0.15, 0.2) is 29.8 Å². The number of aryl methyl sites for hydroxylation is 2. The molecule has 0 heterocycles. The highest BCUT2D eigenvalue weighted by Crippen LogP contribution is 2.22. The van der Waals surface area contributed by atoms with E-state index in [0.29, 0.717) is 0 Å². The van der Waals surface area contributed by atoms with Crippen molar-refractivity contribution in [3.8, 4) is 0 Å². The normalized spacial score (nSPS) is 18.1. The van der Waals surface area contributed by atoms with Gasteiger partial charge in [-0.25, -0.2) is 0 Å². The van der Waals surface area contributed by atoms with Gasteiger partial charge in [0.05, 0.1) is 6.10 Å². The zero-order valence-corrected chi connectivity index (χ0v) is 11.6. The molecule has 0 amide bonds. The van der Waals surface area contributed by atoms with Gasteiger partial charge in [0.15, 0.2) is 0 Å². The average molecular weight is 244 g/mol. The van der Waals surface area contributed by atoms with Gasteiger partial charge >= 0.3 is 0 Å². The monoisotopic (exact) mass is 244 g/mol. The van der Waals surface area contributed by atoms with E-state index in [9.17, 15) is 5.11 Å². The maximum atomic E-state index is 10.3. The highest BCUT2D eigenvalue weighted by molar-refractivity contribution is 5.31. The second kappa shape index (κ2) is 6.19. The first-order chi connectivity index (χ1) is 8.66. The number of rotatable bonds is 3. The first kappa shape index (κ1) is 13.4. The van der Waals surface area contributed by atoms with Gasteiger partial charge in [-0.2, -0.15) is 0 Å². The van der Waals surface area contributed by atoms with E-state index >= 15 is 0 Å². The fraction of sp³-hybridized carbons (Fsp3) is 0.529. The first-order valence-corrected chi connectivity index (χ1v) is 7.10. The number of aliphatic hydroxyl groups is 1. The van der Waals surface area contributed by atoms with Crippen LogP contribution in [-0.2, 0) is 6.42 Å². The molecule has 98 valence electrons. The molecule has 1 aliphatic carbocycles. The molecule has 1 nitrogen and oxygen atoms in total. The lowest BCUT2D eigenvalue weighted by atomic mass is 9.96. The van der Waals surface area contributed by atoms with Crippen molar-refractivity contribution in [2.75, 3.05) is 0 Å². The summed E-state index contributed by atoms with van der Waals surface area (Å²) in [5.41, 5.74) is 5.14. The fourth-order valence-corrected chi connectivity index (χ4v) is 2.63. The molecular weight excluding hydrogens is 220 g/mol. The Morgan fingerprint density at radius 2 is 1.94 bits per heavy atom. The molecule has 1 N–H and O–H groups in total. The van der Waals surface area contributed by atoms with Gasteiger partial charge in [-0.1, -0.05) is 30.7 Å². The predicted octanol–water partition coefficient (Wildman–Crippen LogP) is 4.10. The Morgan fingerprint density at radius 1 is 1.11 bits per heavy atom. The number of hydrogen-bond acceptors (Lipinski definition) is 1. The van der Waals surface area contributed by atoms with E-state index < -0.39 is 0 Å². The third-order valence-corrected chi connectivity index (χ3v) is 4.00. The van der Waals surface area contributed by atoms with Crippen LogP contribution in [0.5, 0.6) is 0 Å². The van der Waals surface area contributed by atoms with Crippen molar-refractivity contribution in [2.24, 2.45) is 0 Å². The van der Waals surface area contributed by atoms with Crippen LogP contribution in [0.4, 0.5) is 0 Å². The Morgan fingerprint density at radius 3 is 2.72 bits per heavy atom. The Kier molecular flexibility index (Phi) is 4.60. The largest absolute Gasteiger partial charge is 0.388 e. The minimum absolute atomic E-state index is 0.287. The summed E-state index contributed by atoms with van der Waals surface area (Å²) < 4.78 is 0. The second-order valence-corrected chi connectivity index (χ2v) is 5.52. The van der Waals surface area contributed by atoms with Crippen molar-refractivity contribution < 1.29 is 5.11 Å². The summed E-state index contributed by atoms with van der Waals surface area (Å²) in [5, 5.41) is 10.3. The molecule has 2 rings (SSSR count). The predicted molar refractivity (Wildman–Crippen MR) is 76.8 cm³/mol. The summed E-state index contributed by atoms with van der Waals surface area (Å²) in [7, 11) is 0. The molecule has 1 aliphatic rings. The van der Waals surface area contributed by atoms with Crippen molar-refractivity contribution in [1.82, 2.24) is 0 Å². The number of aliphatic hydroxyl groups excluding tert-OH is 1. The molecule has 0 saturated heterocycles. The molecule has 1 atom stereocenters. The zero-order chi connectivity index (χ0) is 13.0. The van der Waals surface area contributed by atoms with Gasteiger partial charge in [-0.3, -0.25) is 0 Å². The highest BCUT2D eigenvalue weighted by atomic mass is 16.3. The van der Waals surface area contributed by atoms with Gasteiger partial charge in [-0.15, -0.1) is 0 Å². The van der Waals surface area contributed by atoms with Crippen LogP contribution in [0.1, 0.15) is 48.8 Å². The number of hydrogen-bond donors (Lipinski definition) is 1. The van der Waals surface area contributed by atoms with Crippen LogP contribution >= 0.6 is 0 Å². The summed E-state index contributed by atoms with van der Waals surface area (Å²) in [6.07, 6.45) is 8.76. The second-order valence-electron chi connectivity index (χ2n) is 5.52. The first-order valence-electron chi connectivity index (χ1n) is 7.10. The summed E-state index contributed by atoms with van der Waals surface area (Å²) in [4.78, 5) is 0. The lowest BCUT2D eigenvalue weighted by Gasteiger charge is -2.15. The summed E-state index contributed by atoms with van der Waals surface area (Å²) >= 11 is 0. The van der Waals surface area contributed by atoms with Crippen LogP contribution in [0.2, 0.25) is 0 Å². The Hall–Kier alpha value is -1.08. The molecule has 1 aromatic carbocycles. The van der Waals surface area contributed by atoms with Gasteiger partial charge < -0.3 is 5.11 Å². The maximum Gasteiger partial charge on any atom is 0.0790 e. The van der Waals surface area contributed by atoms with E-state index in [2.05, 4.69) is 38.1 Å². The molecule has 0 saturated carbocycles. The summed E-state index contributed by atoms with van der Waals surface area (Å²) in [6.45, 7) is 4.26. The molecule has 0 fully saturated rings. The average Bonchev–Trinajstić information content (AvgIpc) is 2.62. The van der Waals surface area contributed by atoms with Gasteiger partial charge in [0.25, 0.3) is 0 Å². The lowest BCUT2D eigenvalue weighted by molar-refractivity contribution is 0.206. The van der Waals surface area contributed by atoms with Crippen LogP contribution < -0.4 is 0 Å². The molecular formula is C17H24O. The van der Waals surface area contributed by atoms with Crippen molar-refractivity contribution >= 4 is 0 Å². The molecule has 18 heavy (non-hydrogen) atoms. The smallest absolute Gasteiger partial charge is 0.0790 e. The fourth-order valence-electron chi connectivity index (χ4n) is 2.63. The van der Waals surface area contributed by atoms with E-state index in [4.69, 9.17) is 0 Å². The van der Waals surface area contributed by atoms with E-state index in [0.717, 1.165) is 19.3 Å². The van der Waals surface area contributed by atoms with Gasteiger partial charge in [0.1, 0.15) is 0 Å². The number of allylic oxidation sites excluding steroid dienone is 1. The van der Waals surface area contributed by atoms with E-state index in [-0.39, 0.29) is 6.10 Å².